The van der Waals surface area contributed by atoms with Crippen molar-refractivity contribution in [2.75, 3.05) is 0 Å². The number of hydrazine groups is 1. The van der Waals surface area contributed by atoms with Crippen molar-refractivity contribution in [3.63, 3.8) is 0 Å². The van der Waals surface area contributed by atoms with Crippen molar-refractivity contribution >= 4 is 11.8 Å². The zero-order valence-corrected chi connectivity index (χ0v) is 11.7. The summed E-state index contributed by atoms with van der Waals surface area (Å²) in [6.07, 6.45) is 0.406. The van der Waals surface area contributed by atoms with Gasteiger partial charge in [-0.2, -0.15) is 0 Å². The van der Waals surface area contributed by atoms with Crippen molar-refractivity contribution in [3.05, 3.63) is 65.5 Å². The number of carbonyl (C=O) groups excluding carboxylic acids is 2. The van der Waals surface area contributed by atoms with E-state index in [0.717, 1.165) is 6.07 Å². The van der Waals surface area contributed by atoms with E-state index in [9.17, 15) is 19.1 Å². The molecule has 0 aromatic heterocycles. The molecular weight excluding hydrogens is 287 g/mol. The lowest BCUT2D eigenvalue weighted by atomic mass is 10.1. The second-order valence-corrected chi connectivity index (χ2v) is 4.61. The molecule has 0 heterocycles. The monoisotopic (exact) mass is 302 g/mol. The second kappa shape index (κ2) is 7.21. The first kappa shape index (κ1) is 15.5. The van der Waals surface area contributed by atoms with Crippen LogP contribution in [-0.2, 0) is 11.2 Å². The van der Waals surface area contributed by atoms with Crippen molar-refractivity contribution < 1.29 is 19.1 Å². The number of benzene rings is 2. The van der Waals surface area contributed by atoms with Gasteiger partial charge in [0, 0.05) is 6.42 Å². The summed E-state index contributed by atoms with van der Waals surface area (Å²) in [4.78, 5) is 23.3. The number of hydrogen-bond acceptors (Lipinski definition) is 3. The number of aromatic hydroxyl groups is 1. The summed E-state index contributed by atoms with van der Waals surface area (Å²) in [6, 6.07) is 12.2. The number of nitrogens with one attached hydrogen (secondary N) is 2. The van der Waals surface area contributed by atoms with E-state index in [1.807, 2.05) is 0 Å². The predicted octanol–water partition coefficient (Wildman–Crippen LogP) is 1.93. The van der Waals surface area contributed by atoms with Crippen LogP contribution < -0.4 is 10.9 Å². The molecule has 0 bridgehead atoms. The second-order valence-electron chi connectivity index (χ2n) is 4.61. The molecule has 2 amide bonds. The highest BCUT2D eigenvalue weighted by molar-refractivity contribution is 5.95. The molecule has 6 heteroatoms. The number of para-hydroxylation sites is 1. The van der Waals surface area contributed by atoms with E-state index < -0.39 is 17.6 Å². The molecule has 0 atom stereocenters. The molecule has 2 aromatic rings. The highest BCUT2D eigenvalue weighted by atomic mass is 19.1. The van der Waals surface area contributed by atoms with Crippen LogP contribution in [0.25, 0.3) is 0 Å². The first-order chi connectivity index (χ1) is 10.6. The van der Waals surface area contributed by atoms with Crippen molar-refractivity contribution in [1.29, 1.82) is 0 Å². The third-order valence-electron chi connectivity index (χ3n) is 3.05. The lowest BCUT2D eigenvalue weighted by Gasteiger charge is -2.08. The number of phenolic OH excluding ortho intramolecular Hbond substituents is 1. The first-order valence-electron chi connectivity index (χ1n) is 6.68. The van der Waals surface area contributed by atoms with Crippen molar-refractivity contribution in [1.82, 2.24) is 10.9 Å². The number of rotatable bonds is 4. The Morgan fingerprint density at radius 2 is 1.68 bits per heavy atom. The van der Waals surface area contributed by atoms with Gasteiger partial charge >= 0.3 is 0 Å². The Hall–Kier alpha value is -2.89. The van der Waals surface area contributed by atoms with E-state index in [4.69, 9.17) is 0 Å². The molecule has 0 aliphatic carbocycles. The number of amides is 2. The SMILES string of the molecule is O=C(CCc1ccccc1O)NNC(=O)c1ccccc1F. The smallest absolute Gasteiger partial charge is 0.272 e. The zero-order chi connectivity index (χ0) is 15.9. The summed E-state index contributed by atoms with van der Waals surface area (Å²) in [7, 11) is 0. The van der Waals surface area contributed by atoms with Gasteiger partial charge < -0.3 is 5.11 Å². The van der Waals surface area contributed by atoms with Crippen LogP contribution in [-0.4, -0.2) is 16.9 Å². The minimum Gasteiger partial charge on any atom is -0.508 e. The van der Waals surface area contributed by atoms with Gasteiger partial charge in [-0.05, 0) is 30.2 Å². The highest BCUT2D eigenvalue weighted by Gasteiger charge is 2.11. The van der Waals surface area contributed by atoms with Crippen LogP contribution in [0.2, 0.25) is 0 Å². The normalized spacial score (nSPS) is 10.0. The number of phenols is 1. The Kier molecular flexibility index (Phi) is 5.08. The summed E-state index contributed by atoms with van der Waals surface area (Å²) in [5.74, 6) is -1.71. The minimum atomic E-state index is -0.728. The third-order valence-corrected chi connectivity index (χ3v) is 3.05. The Balaban J connectivity index is 1.82. The minimum absolute atomic E-state index is 0.0785. The maximum Gasteiger partial charge on any atom is 0.272 e. The lowest BCUT2D eigenvalue weighted by Crippen LogP contribution is -2.42. The summed E-state index contributed by atoms with van der Waals surface area (Å²) in [5, 5.41) is 9.58. The number of aryl methyl sites for hydroxylation is 1. The Labute approximate surface area is 126 Å². The summed E-state index contributed by atoms with van der Waals surface area (Å²) >= 11 is 0. The maximum absolute atomic E-state index is 13.4. The maximum atomic E-state index is 13.4. The van der Waals surface area contributed by atoms with E-state index in [-0.39, 0.29) is 17.7 Å². The van der Waals surface area contributed by atoms with Gasteiger partial charge in [0.25, 0.3) is 5.91 Å². The molecule has 0 saturated carbocycles. The van der Waals surface area contributed by atoms with E-state index in [2.05, 4.69) is 10.9 Å². The van der Waals surface area contributed by atoms with Gasteiger partial charge in [0.1, 0.15) is 11.6 Å². The predicted molar refractivity (Wildman–Crippen MR) is 78.4 cm³/mol. The van der Waals surface area contributed by atoms with Crippen LogP contribution in [0.5, 0.6) is 5.75 Å². The van der Waals surface area contributed by atoms with Gasteiger partial charge in [0.15, 0.2) is 0 Å². The Morgan fingerprint density at radius 1 is 1.00 bits per heavy atom. The molecule has 22 heavy (non-hydrogen) atoms. The fraction of sp³-hybridized carbons (Fsp3) is 0.125. The van der Waals surface area contributed by atoms with E-state index in [0.29, 0.717) is 12.0 Å². The molecule has 114 valence electrons. The molecule has 0 fully saturated rings. The average Bonchev–Trinajstić information content (AvgIpc) is 2.52. The van der Waals surface area contributed by atoms with Gasteiger partial charge in [-0.25, -0.2) is 4.39 Å². The summed E-state index contributed by atoms with van der Waals surface area (Å²) < 4.78 is 13.4. The van der Waals surface area contributed by atoms with Crippen LogP contribution in [0, 0.1) is 5.82 Å². The van der Waals surface area contributed by atoms with Gasteiger partial charge in [0.2, 0.25) is 5.91 Å². The molecule has 0 unspecified atom stereocenters. The number of carbonyl (C=O) groups is 2. The quantitative estimate of drug-likeness (QED) is 0.755. The Morgan fingerprint density at radius 3 is 2.41 bits per heavy atom. The summed E-state index contributed by atoms with van der Waals surface area (Å²) in [5.41, 5.74) is 4.85. The van der Waals surface area contributed by atoms with Crippen molar-refractivity contribution in [2.24, 2.45) is 0 Å². The third kappa shape index (κ3) is 4.05. The van der Waals surface area contributed by atoms with E-state index in [1.165, 1.54) is 24.3 Å². The average molecular weight is 302 g/mol. The number of hydrogen-bond donors (Lipinski definition) is 3. The van der Waals surface area contributed by atoms with Crippen LogP contribution in [0.3, 0.4) is 0 Å². The van der Waals surface area contributed by atoms with Crippen LogP contribution >= 0.6 is 0 Å². The molecule has 0 spiro atoms. The zero-order valence-electron chi connectivity index (χ0n) is 11.7. The fourth-order valence-electron chi connectivity index (χ4n) is 1.87. The Bertz CT molecular complexity index is 689. The van der Waals surface area contributed by atoms with Gasteiger partial charge in [0.05, 0.1) is 5.56 Å². The fourth-order valence-corrected chi connectivity index (χ4v) is 1.87. The molecule has 0 saturated heterocycles. The van der Waals surface area contributed by atoms with Gasteiger partial charge in [-0.15, -0.1) is 0 Å². The molecule has 0 radical (unpaired) electrons. The van der Waals surface area contributed by atoms with Crippen LogP contribution in [0.4, 0.5) is 4.39 Å². The van der Waals surface area contributed by atoms with Gasteiger partial charge in [-0.3, -0.25) is 20.4 Å². The highest BCUT2D eigenvalue weighted by Crippen LogP contribution is 2.16. The van der Waals surface area contributed by atoms with E-state index >= 15 is 0 Å². The molecule has 0 aliphatic rings. The van der Waals surface area contributed by atoms with Gasteiger partial charge in [-0.1, -0.05) is 30.3 Å². The molecule has 0 aliphatic heterocycles. The summed E-state index contributed by atoms with van der Waals surface area (Å²) in [6.45, 7) is 0. The number of halogens is 1. The molecule has 3 N–H and O–H groups in total. The van der Waals surface area contributed by atoms with Crippen LogP contribution in [0.1, 0.15) is 22.3 Å². The van der Waals surface area contributed by atoms with Crippen molar-refractivity contribution in [2.45, 2.75) is 12.8 Å². The lowest BCUT2D eigenvalue weighted by molar-refractivity contribution is -0.121. The standard InChI is InChI=1S/C16H15FN2O3/c17-13-7-3-2-6-12(13)16(22)19-18-15(21)10-9-11-5-1-4-8-14(11)20/h1-8,20H,9-10H2,(H,18,21)(H,19,22). The largest absolute Gasteiger partial charge is 0.508 e. The topological polar surface area (TPSA) is 78.4 Å². The van der Waals surface area contributed by atoms with Crippen molar-refractivity contribution in [3.8, 4) is 5.75 Å². The molecular formula is C16H15FN2O3. The molecule has 2 aromatic carbocycles. The van der Waals surface area contributed by atoms with Crippen LogP contribution in [0.15, 0.2) is 48.5 Å². The molecule has 5 nitrogen and oxygen atoms in total. The van der Waals surface area contributed by atoms with E-state index in [1.54, 1.807) is 18.2 Å². The first-order valence-corrected chi connectivity index (χ1v) is 6.68. The molecule has 2 rings (SSSR count).